The maximum Gasteiger partial charge on any atom is 0.0903 e. The summed E-state index contributed by atoms with van der Waals surface area (Å²) in [5, 5.41) is 1.12. The van der Waals surface area contributed by atoms with Gasteiger partial charge in [0.15, 0.2) is 0 Å². The van der Waals surface area contributed by atoms with E-state index in [-0.39, 0.29) is 0 Å². The SMILES string of the molecule is C=CC=Cc1sc(C)nc1C. The van der Waals surface area contributed by atoms with Crippen molar-refractivity contribution < 1.29 is 0 Å². The van der Waals surface area contributed by atoms with Crippen molar-refractivity contribution in [3.05, 3.63) is 34.3 Å². The highest BCUT2D eigenvalue weighted by Crippen LogP contribution is 2.18. The molecule has 0 saturated heterocycles. The molecule has 0 aliphatic carbocycles. The van der Waals surface area contributed by atoms with Gasteiger partial charge in [0.05, 0.1) is 15.6 Å². The first-order valence-electron chi connectivity index (χ1n) is 3.47. The molecule has 0 saturated carbocycles. The number of rotatable bonds is 2. The van der Waals surface area contributed by atoms with Crippen molar-refractivity contribution >= 4 is 17.4 Å². The normalized spacial score (nSPS) is 10.7. The summed E-state index contributed by atoms with van der Waals surface area (Å²) in [5.41, 5.74) is 1.10. The summed E-state index contributed by atoms with van der Waals surface area (Å²) in [6.07, 6.45) is 5.74. The lowest BCUT2D eigenvalue weighted by atomic mass is 10.3. The number of allylic oxidation sites excluding steroid dienone is 2. The summed E-state index contributed by atoms with van der Waals surface area (Å²) in [5.74, 6) is 0. The van der Waals surface area contributed by atoms with Crippen molar-refractivity contribution in [3.63, 3.8) is 0 Å². The molecule has 0 unspecified atom stereocenters. The number of aryl methyl sites for hydroxylation is 2. The monoisotopic (exact) mass is 165 g/mol. The molecule has 1 nitrogen and oxygen atoms in total. The van der Waals surface area contributed by atoms with Gasteiger partial charge in [0.25, 0.3) is 0 Å². The van der Waals surface area contributed by atoms with Crippen LogP contribution in [0.25, 0.3) is 6.08 Å². The van der Waals surface area contributed by atoms with Crippen LogP contribution >= 0.6 is 11.3 Å². The molecular formula is C9H11NS. The Labute approximate surface area is 71.1 Å². The minimum atomic E-state index is 1.10. The molecular weight excluding hydrogens is 154 g/mol. The van der Waals surface area contributed by atoms with E-state index >= 15 is 0 Å². The van der Waals surface area contributed by atoms with Crippen LogP contribution in [0.3, 0.4) is 0 Å². The minimum Gasteiger partial charge on any atom is -0.246 e. The summed E-state index contributed by atoms with van der Waals surface area (Å²) in [6.45, 7) is 7.65. The molecule has 0 atom stereocenters. The van der Waals surface area contributed by atoms with Gasteiger partial charge in [0.1, 0.15) is 0 Å². The molecule has 1 aromatic heterocycles. The predicted molar refractivity (Wildman–Crippen MR) is 50.8 cm³/mol. The van der Waals surface area contributed by atoms with Gasteiger partial charge in [-0.25, -0.2) is 4.98 Å². The van der Waals surface area contributed by atoms with E-state index in [0.717, 1.165) is 10.7 Å². The van der Waals surface area contributed by atoms with E-state index in [4.69, 9.17) is 0 Å². The van der Waals surface area contributed by atoms with Crippen molar-refractivity contribution in [2.75, 3.05) is 0 Å². The van der Waals surface area contributed by atoms with E-state index in [0.29, 0.717) is 0 Å². The number of hydrogen-bond acceptors (Lipinski definition) is 2. The van der Waals surface area contributed by atoms with E-state index in [1.165, 1.54) is 4.88 Å². The van der Waals surface area contributed by atoms with E-state index in [2.05, 4.69) is 11.6 Å². The van der Waals surface area contributed by atoms with Gasteiger partial charge >= 0.3 is 0 Å². The van der Waals surface area contributed by atoms with Crippen LogP contribution in [0.5, 0.6) is 0 Å². The lowest BCUT2D eigenvalue weighted by molar-refractivity contribution is 1.20. The van der Waals surface area contributed by atoms with E-state index in [1.54, 1.807) is 17.4 Å². The van der Waals surface area contributed by atoms with Crippen LogP contribution in [0, 0.1) is 13.8 Å². The van der Waals surface area contributed by atoms with E-state index < -0.39 is 0 Å². The number of hydrogen-bond donors (Lipinski definition) is 0. The van der Waals surface area contributed by atoms with E-state index in [9.17, 15) is 0 Å². The summed E-state index contributed by atoms with van der Waals surface area (Å²) in [4.78, 5) is 5.52. The van der Waals surface area contributed by atoms with Crippen molar-refractivity contribution in [2.45, 2.75) is 13.8 Å². The molecule has 2 heteroatoms. The predicted octanol–water partition coefficient (Wildman–Crippen LogP) is 2.96. The summed E-state index contributed by atoms with van der Waals surface area (Å²) in [7, 11) is 0. The van der Waals surface area contributed by atoms with Gasteiger partial charge in [-0.15, -0.1) is 11.3 Å². The van der Waals surface area contributed by atoms with Crippen molar-refractivity contribution in [1.82, 2.24) is 4.98 Å². The zero-order chi connectivity index (χ0) is 8.27. The second kappa shape index (κ2) is 3.49. The Balaban J connectivity index is 2.93. The Bertz CT molecular complexity index is 284. The average Bonchev–Trinajstić information content (AvgIpc) is 2.26. The smallest absolute Gasteiger partial charge is 0.0903 e. The Kier molecular flexibility index (Phi) is 2.60. The van der Waals surface area contributed by atoms with Crippen LogP contribution in [-0.4, -0.2) is 4.98 Å². The topological polar surface area (TPSA) is 12.9 Å². The van der Waals surface area contributed by atoms with Gasteiger partial charge in [0, 0.05) is 0 Å². The zero-order valence-electron chi connectivity index (χ0n) is 6.79. The minimum absolute atomic E-state index is 1.10. The molecule has 0 aromatic carbocycles. The lowest BCUT2D eigenvalue weighted by Gasteiger charge is -1.83. The van der Waals surface area contributed by atoms with Gasteiger partial charge in [0.2, 0.25) is 0 Å². The number of aromatic nitrogens is 1. The fraction of sp³-hybridized carbons (Fsp3) is 0.222. The zero-order valence-corrected chi connectivity index (χ0v) is 7.61. The molecule has 0 N–H and O–H groups in total. The van der Waals surface area contributed by atoms with Gasteiger partial charge < -0.3 is 0 Å². The maximum atomic E-state index is 4.30. The van der Waals surface area contributed by atoms with Crippen LogP contribution < -0.4 is 0 Å². The van der Waals surface area contributed by atoms with Crippen LogP contribution in [0.4, 0.5) is 0 Å². The molecule has 0 aliphatic heterocycles. The highest BCUT2D eigenvalue weighted by Gasteiger charge is 1.98. The molecule has 0 spiro atoms. The van der Waals surface area contributed by atoms with Crippen LogP contribution in [0.2, 0.25) is 0 Å². The number of thiazole rings is 1. The summed E-state index contributed by atoms with van der Waals surface area (Å²) in [6, 6.07) is 0. The van der Waals surface area contributed by atoms with Gasteiger partial charge in [-0.2, -0.15) is 0 Å². The Morgan fingerprint density at radius 3 is 2.64 bits per heavy atom. The molecule has 0 radical (unpaired) electrons. The first-order chi connectivity index (χ1) is 5.24. The fourth-order valence-corrected chi connectivity index (χ4v) is 1.70. The van der Waals surface area contributed by atoms with Crippen molar-refractivity contribution in [2.24, 2.45) is 0 Å². The molecule has 1 aromatic rings. The van der Waals surface area contributed by atoms with Crippen LogP contribution in [0.15, 0.2) is 18.7 Å². The fourth-order valence-electron chi connectivity index (χ4n) is 0.857. The first kappa shape index (κ1) is 8.21. The standard InChI is InChI=1S/C9H11NS/c1-4-5-6-9-7(2)10-8(3)11-9/h4-6H,1H2,2-3H3. The maximum absolute atomic E-state index is 4.30. The van der Waals surface area contributed by atoms with Gasteiger partial charge in [-0.3, -0.25) is 0 Å². The van der Waals surface area contributed by atoms with Gasteiger partial charge in [-0.05, 0) is 19.9 Å². The second-order valence-electron chi connectivity index (χ2n) is 2.28. The molecule has 0 amide bonds. The summed E-state index contributed by atoms with van der Waals surface area (Å²) >= 11 is 1.71. The molecule has 0 fully saturated rings. The van der Waals surface area contributed by atoms with Crippen molar-refractivity contribution in [1.29, 1.82) is 0 Å². The molecule has 1 heterocycles. The third kappa shape index (κ3) is 2.02. The molecule has 11 heavy (non-hydrogen) atoms. The summed E-state index contributed by atoms with van der Waals surface area (Å²) < 4.78 is 0. The second-order valence-corrected chi connectivity index (χ2v) is 3.51. The highest BCUT2D eigenvalue weighted by atomic mass is 32.1. The van der Waals surface area contributed by atoms with Crippen LogP contribution in [-0.2, 0) is 0 Å². The Morgan fingerprint density at radius 1 is 1.45 bits per heavy atom. The van der Waals surface area contributed by atoms with E-state index in [1.807, 2.05) is 26.0 Å². The van der Waals surface area contributed by atoms with Gasteiger partial charge in [-0.1, -0.05) is 18.7 Å². The van der Waals surface area contributed by atoms with Crippen molar-refractivity contribution in [3.8, 4) is 0 Å². The molecule has 0 aliphatic rings. The molecule has 58 valence electrons. The Hall–Kier alpha value is -0.890. The molecule has 1 rings (SSSR count). The molecule has 0 bridgehead atoms. The quantitative estimate of drug-likeness (QED) is 0.614. The Morgan fingerprint density at radius 2 is 2.18 bits per heavy atom. The highest BCUT2D eigenvalue weighted by molar-refractivity contribution is 7.12. The lowest BCUT2D eigenvalue weighted by Crippen LogP contribution is -1.72. The number of nitrogens with zero attached hydrogens (tertiary/aromatic N) is 1. The average molecular weight is 165 g/mol. The van der Waals surface area contributed by atoms with Crippen LogP contribution in [0.1, 0.15) is 15.6 Å². The third-order valence-electron chi connectivity index (χ3n) is 1.32. The third-order valence-corrected chi connectivity index (χ3v) is 2.36. The largest absolute Gasteiger partial charge is 0.246 e. The first-order valence-corrected chi connectivity index (χ1v) is 4.29.